The van der Waals surface area contributed by atoms with Gasteiger partial charge in [-0.1, -0.05) is 12.2 Å². The van der Waals surface area contributed by atoms with Gasteiger partial charge in [-0.3, -0.25) is 0 Å². The molecule has 2 aromatic heterocycles. The van der Waals surface area contributed by atoms with Gasteiger partial charge >= 0.3 is 0 Å². The monoisotopic (exact) mass is 365 g/mol. The molecule has 1 aliphatic rings. The standard InChI is InChI=1S/C15H20BrN5O/c16-11-8-21(15-13(11)14(18)19-9-20-15)12-6-5-10(22-12)4-2-1-3-7-17/h2,4,8-10,12H,1,3,5-7,17H2,(H2,18,19,20)/b4-2+/t10-,12+/m0/s1. The van der Waals surface area contributed by atoms with E-state index in [-0.39, 0.29) is 12.3 Å². The van der Waals surface area contributed by atoms with Gasteiger partial charge in [-0.2, -0.15) is 0 Å². The van der Waals surface area contributed by atoms with E-state index in [1.54, 1.807) is 0 Å². The first-order chi connectivity index (χ1) is 10.7. The zero-order valence-electron chi connectivity index (χ0n) is 12.3. The highest BCUT2D eigenvalue weighted by Gasteiger charge is 2.27. The van der Waals surface area contributed by atoms with Crippen LogP contribution in [0.1, 0.15) is 31.9 Å². The normalized spacial score (nSPS) is 22.1. The van der Waals surface area contributed by atoms with E-state index in [0.717, 1.165) is 47.7 Å². The van der Waals surface area contributed by atoms with Gasteiger partial charge in [0.25, 0.3) is 0 Å². The fraction of sp³-hybridized carbons (Fsp3) is 0.467. The molecular weight excluding hydrogens is 346 g/mol. The minimum atomic E-state index is -0.0211. The van der Waals surface area contributed by atoms with Gasteiger partial charge in [-0.25, -0.2) is 9.97 Å². The number of fused-ring (bicyclic) bond motifs is 1. The van der Waals surface area contributed by atoms with E-state index in [9.17, 15) is 0 Å². The summed E-state index contributed by atoms with van der Waals surface area (Å²) in [6.45, 7) is 0.725. The summed E-state index contributed by atoms with van der Waals surface area (Å²) in [6.07, 6.45) is 11.9. The van der Waals surface area contributed by atoms with Gasteiger partial charge in [0.2, 0.25) is 0 Å². The number of anilines is 1. The van der Waals surface area contributed by atoms with Crippen LogP contribution >= 0.6 is 15.9 Å². The molecule has 0 aliphatic carbocycles. The Balaban J connectivity index is 1.76. The van der Waals surface area contributed by atoms with Gasteiger partial charge in [0.1, 0.15) is 24.0 Å². The van der Waals surface area contributed by atoms with Crippen molar-refractivity contribution in [3.63, 3.8) is 0 Å². The first-order valence-corrected chi connectivity index (χ1v) is 8.28. The van der Waals surface area contributed by atoms with E-state index in [1.807, 2.05) is 10.8 Å². The van der Waals surface area contributed by atoms with Crippen LogP contribution in [0.5, 0.6) is 0 Å². The highest BCUT2D eigenvalue weighted by atomic mass is 79.9. The molecule has 0 unspecified atom stereocenters. The van der Waals surface area contributed by atoms with Crippen LogP contribution in [0.4, 0.5) is 5.82 Å². The third kappa shape index (κ3) is 3.02. The Hall–Kier alpha value is -1.44. The number of hydrogen-bond acceptors (Lipinski definition) is 5. The molecule has 7 heteroatoms. The van der Waals surface area contributed by atoms with E-state index in [2.05, 4.69) is 38.0 Å². The fourth-order valence-electron chi connectivity index (χ4n) is 2.76. The van der Waals surface area contributed by atoms with Gasteiger partial charge in [0, 0.05) is 10.7 Å². The van der Waals surface area contributed by atoms with Crippen molar-refractivity contribution in [2.24, 2.45) is 5.73 Å². The predicted molar refractivity (Wildman–Crippen MR) is 90.2 cm³/mol. The van der Waals surface area contributed by atoms with Crippen LogP contribution in [0.25, 0.3) is 11.0 Å². The molecule has 0 saturated carbocycles. The predicted octanol–water partition coefficient (Wildman–Crippen LogP) is 2.75. The van der Waals surface area contributed by atoms with Crippen molar-refractivity contribution in [3.8, 4) is 0 Å². The van der Waals surface area contributed by atoms with E-state index >= 15 is 0 Å². The number of halogens is 1. The molecule has 1 saturated heterocycles. The Kier molecular flexibility index (Phi) is 4.75. The Morgan fingerprint density at radius 2 is 2.27 bits per heavy atom. The van der Waals surface area contributed by atoms with Crippen molar-refractivity contribution in [1.82, 2.24) is 14.5 Å². The van der Waals surface area contributed by atoms with Crippen molar-refractivity contribution in [3.05, 3.63) is 29.1 Å². The van der Waals surface area contributed by atoms with Crippen molar-refractivity contribution >= 4 is 32.8 Å². The first kappa shape index (κ1) is 15.5. The van der Waals surface area contributed by atoms with Crippen LogP contribution in [-0.2, 0) is 4.74 Å². The Morgan fingerprint density at radius 3 is 3.09 bits per heavy atom. The smallest absolute Gasteiger partial charge is 0.148 e. The van der Waals surface area contributed by atoms with Crippen molar-refractivity contribution in [2.45, 2.75) is 38.0 Å². The van der Waals surface area contributed by atoms with Gasteiger partial charge in [0.05, 0.1) is 11.5 Å². The van der Waals surface area contributed by atoms with Gasteiger partial charge < -0.3 is 20.8 Å². The number of unbranched alkanes of at least 4 members (excludes halogenated alkanes) is 1. The second-order valence-electron chi connectivity index (χ2n) is 5.41. The summed E-state index contributed by atoms with van der Waals surface area (Å²) in [5.41, 5.74) is 12.2. The lowest BCUT2D eigenvalue weighted by Crippen LogP contribution is -2.09. The summed E-state index contributed by atoms with van der Waals surface area (Å²) in [5, 5.41) is 0.841. The number of ether oxygens (including phenoxy) is 1. The fourth-order valence-corrected chi connectivity index (χ4v) is 3.36. The minimum Gasteiger partial charge on any atom is -0.383 e. The SMILES string of the molecule is NCCC/C=C/[C@H]1CC[C@H](n2cc(Br)c3c(N)ncnc32)O1. The number of aromatic nitrogens is 3. The molecule has 2 aromatic rings. The maximum absolute atomic E-state index is 6.11. The molecule has 6 nitrogen and oxygen atoms in total. The summed E-state index contributed by atoms with van der Waals surface area (Å²) in [5.74, 6) is 0.479. The molecule has 0 amide bonds. The molecule has 3 rings (SSSR count). The summed E-state index contributed by atoms with van der Waals surface area (Å²) < 4.78 is 9.04. The minimum absolute atomic E-state index is 0.0211. The average molecular weight is 366 g/mol. The van der Waals surface area contributed by atoms with Crippen LogP contribution < -0.4 is 11.5 Å². The number of allylic oxidation sites excluding steroid dienone is 1. The molecule has 1 fully saturated rings. The zero-order valence-corrected chi connectivity index (χ0v) is 13.9. The molecule has 0 bridgehead atoms. The van der Waals surface area contributed by atoms with Gasteiger partial charge in [-0.15, -0.1) is 0 Å². The molecule has 2 atom stereocenters. The Labute approximate surface area is 137 Å². The summed E-state index contributed by atoms with van der Waals surface area (Å²) in [7, 11) is 0. The molecule has 0 radical (unpaired) electrons. The van der Waals surface area contributed by atoms with E-state index in [0.29, 0.717) is 5.82 Å². The maximum atomic E-state index is 6.11. The van der Waals surface area contributed by atoms with Gasteiger partial charge in [0.15, 0.2) is 0 Å². The van der Waals surface area contributed by atoms with E-state index in [4.69, 9.17) is 16.2 Å². The lowest BCUT2D eigenvalue weighted by molar-refractivity contribution is 0.0261. The molecule has 4 N–H and O–H groups in total. The molecular formula is C15H20BrN5O. The lowest BCUT2D eigenvalue weighted by atomic mass is 10.2. The molecule has 22 heavy (non-hydrogen) atoms. The molecule has 1 aliphatic heterocycles. The maximum Gasteiger partial charge on any atom is 0.148 e. The molecule has 118 valence electrons. The van der Waals surface area contributed by atoms with Crippen molar-refractivity contribution in [2.75, 3.05) is 12.3 Å². The quantitative estimate of drug-likeness (QED) is 0.627. The van der Waals surface area contributed by atoms with Crippen LogP contribution in [-0.4, -0.2) is 27.2 Å². The third-order valence-corrected chi connectivity index (χ3v) is 4.46. The second kappa shape index (κ2) is 6.76. The van der Waals surface area contributed by atoms with Gasteiger partial charge in [-0.05, 0) is 48.2 Å². The average Bonchev–Trinajstić information content (AvgIpc) is 3.09. The first-order valence-electron chi connectivity index (χ1n) is 7.49. The van der Waals surface area contributed by atoms with Crippen molar-refractivity contribution in [1.29, 1.82) is 0 Å². The Morgan fingerprint density at radius 1 is 1.41 bits per heavy atom. The van der Waals surface area contributed by atoms with Crippen LogP contribution in [0, 0.1) is 0 Å². The topological polar surface area (TPSA) is 92.0 Å². The number of rotatable bonds is 5. The molecule has 0 aromatic carbocycles. The zero-order chi connectivity index (χ0) is 15.5. The molecule has 0 spiro atoms. The number of hydrogen-bond donors (Lipinski definition) is 2. The second-order valence-corrected chi connectivity index (χ2v) is 6.26. The largest absolute Gasteiger partial charge is 0.383 e. The number of nitrogen functional groups attached to an aromatic ring is 1. The lowest BCUT2D eigenvalue weighted by Gasteiger charge is -2.14. The molecule has 3 heterocycles. The third-order valence-electron chi connectivity index (χ3n) is 3.86. The highest BCUT2D eigenvalue weighted by molar-refractivity contribution is 9.10. The summed E-state index contributed by atoms with van der Waals surface area (Å²) in [6, 6.07) is 0. The van der Waals surface area contributed by atoms with E-state index < -0.39 is 0 Å². The number of nitrogens with two attached hydrogens (primary N) is 2. The number of nitrogens with zero attached hydrogens (tertiary/aromatic N) is 3. The van der Waals surface area contributed by atoms with Crippen molar-refractivity contribution < 1.29 is 4.74 Å². The van der Waals surface area contributed by atoms with Crippen LogP contribution in [0.15, 0.2) is 29.1 Å². The highest BCUT2D eigenvalue weighted by Crippen LogP contribution is 2.36. The Bertz CT molecular complexity index is 684. The summed E-state index contributed by atoms with van der Waals surface area (Å²) >= 11 is 3.53. The van der Waals surface area contributed by atoms with E-state index in [1.165, 1.54) is 6.33 Å². The van der Waals surface area contributed by atoms with Crippen LogP contribution in [0.3, 0.4) is 0 Å². The summed E-state index contributed by atoms with van der Waals surface area (Å²) in [4.78, 5) is 8.39. The van der Waals surface area contributed by atoms with Crippen LogP contribution in [0.2, 0.25) is 0 Å².